The standard InChI is InChI=1S/C13H19NO2/c1-14(10-12-8-5-9-16-12)13(15)11-6-3-2-4-7-11/h5,8-9,11H,2-4,6-7,10H2,1H3. The second-order valence-electron chi connectivity index (χ2n) is 4.61. The van der Waals surface area contributed by atoms with Crippen LogP contribution in [0.5, 0.6) is 0 Å². The van der Waals surface area contributed by atoms with Crippen molar-refractivity contribution in [2.45, 2.75) is 38.6 Å². The molecule has 1 fully saturated rings. The first-order valence-electron chi connectivity index (χ1n) is 6.05. The van der Waals surface area contributed by atoms with Crippen molar-refractivity contribution in [1.82, 2.24) is 4.90 Å². The van der Waals surface area contributed by atoms with Gasteiger partial charge in [0.05, 0.1) is 12.8 Å². The highest BCUT2D eigenvalue weighted by Crippen LogP contribution is 2.25. The molecule has 88 valence electrons. The molecule has 0 aromatic carbocycles. The fraction of sp³-hybridized carbons (Fsp3) is 0.615. The summed E-state index contributed by atoms with van der Waals surface area (Å²) >= 11 is 0. The molecule has 1 aliphatic rings. The average molecular weight is 221 g/mol. The number of amides is 1. The summed E-state index contributed by atoms with van der Waals surface area (Å²) in [6.07, 6.45) is 7.44. The number of hydrogen-bond donors (Lipinski definition) is 0. The quantitative estimate of drug-likeness (QED) is 0.786. The predicted octanol–water partition coefficient (Wildman–Crippen LogP) is 2.82. The highest BCUT2D eigenvalue weighted by Gasteiger charge is 2.24. The maximum atomic E-state index is 12.1. The van der Waals surface area contributed by atoms with Crippen LogP contribution in [0.2, 0.25) is 0 Å². The summed E-state index contributed by atoms with van der Waals surface area (Å²) in [7, 11) is 1.86. The molecule has 1 aliphatic carbocycles. The lowest BCUT2D eigenvalue weighted by Crippen LogP contribution is -2.33. The minimum Gasteiger partial charge on any atom is -0.467 e. The van der Waals surface area contributed by atoms with Crippen LogP contribution in [0.3, 0.4) is 0 Å². The first kappa shape index (κ1) is 11.2. The molecule has 0 spiro atoms. The van der Waals surface area contributed by atoms with Gasteiger partial charge in [-0.15, -0.1) is 0 Å². The molecule has 0 atom stereocenters. The van der Waals surface area contributed by atoms with Crippen molar-refractivity contribution < 1.29 is 9.21 Å². The third-order valence-corrected chi connectivity index (χ3v) is 3.30. The molecular weight excluding hydrogens is 202 g/mol. The fourth-order valence-electron chi connectivity index (χ4n) is 2.38. The van der Waals surface area contributed by atoms with E-state index in [1.54, 1.807) is 11.2 Å². The molecule has 3 nitrogen and oxygen atoms in total. The monoisotopic (exact) mass is 221 g/mol. The lowest BCUT2D eigenvalue weighted by molar-refractivity contribution is -0.136. The number of hydrogen-bond acceptors (Lipinski definition) is 2. The van der Waals surface area contributed by atoms with Gasteiger partial charge in [0, 0.05) is 13.0 Å². The van der Waals surface area contributed by atoms with E-state index in [1.807, 2.05) is 19.2 Å². The first-order chi connectivity index (χ1) is 7.77. The Morgan fingerprint density at radius 2 is 2.19 bits per heavy atom. The van der Waals surface area contributed by atoms with E-state index in [4.69, 9.17) is 4.42 Å². The number of carbonyl (C=O) groups is 1. The van der Waals surface area contributed by atoms with Crippen molar-refractivity contribution >= 4 is 5.91 Å². The Kier molecular flexibility index (Phi) is 3.65. The van der Waals surface area contributed by atoms with Crippen molar-refractivity contribution in [2.75, 3.05) is 7.05 Å². The molecule has 1 aromatic heterocycles. The minimum atomic E-state index is 0.244. The molecule has 0 aliphatic heterocycles. The topological polar surface area (TPSA) is 33.5 Å². The van der Waals surface area contributed by atoms with E-state index in [0.717, 1.165) is 18.6 Å². The van der Waals surface area contributed by atoms with E-state index < -0.39 is 0 Å². The molecular formula is C13H19NO2. The summed E-state index contributed by atoms with van der Waals surface area (Å²) in [4.78, 5) is 13.9. The van der Waals surface area contributed by atoms with Gasteiger partial charge in [-0.3, -0.25) is 4.79 Å². The molecule has 0 N–H and O–H groups in total. The maximum absolute atomic E-state index is 12.1. The van der Waals surface area contributed by atoms with E-state index in [2.05, 4.69) is 0 Å². The smallest absolute Gasteiger partial charge is 0.225 e. The zero-order valence-corrected chi connectivity index (χ0v) is 9.82. The lowest BCUT2D eigenvalue weighted by atomic mass is 9.88. The molecule has 1 heterocycles. The number of rotatable bonds is 3. The SMILES string of the molecule is CN(Cc1ccco1)C(=O)C1CCCCC1. The van der Waals surface area contributed by atoms with Crippen LogP contribution in [-0.2, 0) is 11.3 Å². The zero-order chi connectivity index (χ0) is 11.4. The van der Waals surface area contributed by atoms with E-state index >= 15 is 0 Å². The molecule has 3 heteroatoms. The Morgan fingerprint density at radius 1 is 1.44 bits per heavy atom. The normalized spacial score (nSPS) is 17.3. The number of nitrogens with zero attached hydrogens (tertiary/aromatic N) is 1. The van der Waals surface area contributed by atoms with Gasteiger partial charge in [0.25, 0.3) is 0 Å². The third-order valence-electron chi connectivity index (χ3n) is 3.30. The van der Waals surface area contributed by atoms with Gasteiger partial charge in [-0.05, 0) is 25.0 Å². The van der Waals surface area contributed by atoms with E-state index in [1.165, 1.54) is 19.3 Å². The van der Waals surface area contributed by atoms with Crippen LogP contribution in [0.25, 0.3) is 0 Å². The van der Waals surface area contributed by atoms with Crippen LogP contribution in [0.15, 0.2) is 22.8 Å². The lowest BCUT2D eigenvalue weighted by Gasteiger charge is -2.25. The second kappa shape index (κ2) is 5.19. The Bertz CT molecular complexity index is 326. The molecule has 2 rings (SSSR count). The number of carbonyl (C=O) groups excluding carboxylic acids is 1. The highest BCUT2D eigenvalue weighted by atomic mass is 16.3. The van der Waals surface area contributed by atoms with Crippen LogP contribution in [0.1, 0.15) is 37.9 Å². The molecule has 0 radical (unpaired) electrons. The van der Waals surface area contributed by atoms with Gasteiger partial charge in [0.2, 0.25) is 5.91 Å². The molecule has 0 bridgehead atoms. The molecule has 16 heavy (non-hydrogen) atoms. The molecule has 1 aromatic rings. The Morgan fingerprint density at radius 3 is 2.81 bits per heavy atom. The van der Waals surface area contributed by atoms with E-state index in [-0.39, 0.29) is 11.8 Å². The summed E-state index contributed by atoms with van der Waals surface area (Å²) in [6.45, 7) is 0.586. The van der Waals surface area contributed by atoms with Crippen LogP contribution < -0.4 is 0 Å². The summed E-state index contributed by atoms with van der Waals surface area (Å²) < 4.78 is 5.25. The average Bonchev–Trinajstić information content (AvgIpc) is 2.82. The van der Waals surface area contributed by atoms with Gasteiger partial charge in [0.15, 0.2) is 0 Å². The molecule has 0 saturated heterocycles. The molecule has 1 saturated carbocycles. The van der Waals surface area contributed by atoms with E-state index in [0.29, 0.717) is 6.54 Å². The molecule has 1 amide bonds. The predicted molar refractivity (Wildman–Crippen MR) is 61.8 cm³/mol. The summed E-state index contributed by atoms with van der Waals surface area (Å²) in [5, 5.41) is 0. The van der Waals surface area contributed by atoms with Crippen molar-refractivity contribution in [1.29, 1.82) is 0 Å². The van der Waals surface area contributed by atoms with Crippen molar-refractivity contribution in [3.05, 3.63) is 24.2 Å². The maximum Gasteiger partial charge on any atom is 0.225 e. The van der Waals surface area contributed by atoms with Crippen LogP contribution in [-0.4, -0.2) is 17.9 Å². The number of furan rings is 1. The first-order valence-corrected chi connectivity index (χ1v) is 6.05. The van der Waals surface area contributed by atoms with Gasteiger partial charge in [-0.1, -0.05) is 19.3 Å². The zero-order valence-electron chi connectivity index (χ0n) is 9.82. The fourth-order valence-corrected chi connectivity index (χ4v) is 2.38. The highest BCUT2D eigenvalue weighted by molar-refractivity contribution is 5.78. The summed E-state index contributed by atoms with van der Waals surface area (Å²) in [5.41, 5.74) is 0. The Balaban J connectivity index is 1.88. The van der Waals surface area contributed by atoms with Crippen LogP contribution in [0, 0.1) is 5.92 Å². The van der Waals surface area contributed by atoms with Crippen LogP contribution in [0.4, 0.5) is 0 Å². The van der Waals surface area contributed by atoms with Gasteiger partial charge >= 0.3 is 0 Å². The van der Waals surface area contributed by atoms with Gasteiger partial charge in [-0.2, -0.15) is 0 Å². The van der Waals surface area contributed by atoms with Crippen LogP contribution >= 0.6 is 0 Å². The summed E-state index contributed by atoms with van der Waals surface area (Å²) in [5.74, 6) is 1.37. The van der Waals surface area contributed by atoms with Gasteiger partial charge < -0.3 is 9.32 Å². The second-order valence-corrected chi connectivity index (χ2v) is 4.61. The van der Waals surface area contributed by atoms with Gasteiger partial charge in [-0.25, -0.2) is 0 Å². The van der Waals surface area contributed by atoms with Crippen molar-refractivity contribution in [3.8, 4) is 0 Å². The minimum absolute atomic E-state index is 0.244. The third kappa shape index (κ3) is 2.65. The Labute approximate surface area is 96.4 Å². The van der Waals surface area contributed by atoms with Gasteiger partial charge in [0.1, 0.15) is 5.76 Å². The Hall–Kier alpha value is -1.25. The van der Waals surface area contributed by atoms with E-state index in [9.17, 15) is 4.79 Å². The van der Waals surface area contributed by atoms with Crippen molar-refractivity contribution in [3.63, 3.8) is 0 Å². The largest absolute Gasteiger partial charge is 0.467 e. The molecule has 0 unspecified atom stereocenters. The summed E-state index contributed by atoms with van der Waals surface area (Å²) in [6, 6.07) is 3.76. The van der Waals surface area contributed by atoms with Crippen molar-refractivity contribution in [2.24, 2.45) is 5.92 Å².